The van der Waals surface area contributed by atoms with Gasteiger partial charge in [0.2, 0.25) is 0 Å². The van der Waals surface area contributed by atoms with Gasteiger partial charge in [0.25, 0.3) is 0 Å². The number of benzene rings is 4. The van der Waals surface area contributed by atoms with Gasteiger partial charge in [-0.1, -0.05) is 203 Å². The molecule has 4 N–H and O–H groups in total. The number of unbranched alkanes of at least 4 members (excludes halogenated alkanes) is 13. The predicted molar refractivity (Wildman–Crippen MR) is 246 cm³/mol. The second kappa shape index (κ2) is 23.6. The fourth-order valence-electron chi connectivity index (χ4n) is 9.90. The molecule has 1 saturated carbocycles. The van der Waals surface area contributed by atoms with Gasteiger partial charge in [-0.15, -0.1) is 0 Å². The lowest BCUT2D eigenvalue weighted by Crippen LogP contribution is -2.33. The van der Waals surface area contributed by atoms with E-state index in [0.29, 0.717) is 11.8 Å². The van der Waals surface area contributed by atoms with Crippen LogP contribution in [0.15, 0.2) is 97.1 Å². The van der Waals surface area contributed by atoms with Crippen molar-refractivity contribution in [2.75, 3.05) is 11.5 Å². The molecule has 0 heterocycles. The third-order valence-corrected chi connectivity index (χ3v) is 13.5. The molecule has 0 bridgehead atoms. The number of hydrogen-bond donors (Lipinski definition) is 2. The molecule has 2 nitrogen and oxygen atoms in total. The summed E-state index contributed by atoms with van der Waals surface area (Å²) in [7, 11) is 0. The molecule has 2 atom stereocenters. The summed E-state index contributed by atoms with van der Waals surface area (Å²) in [6, 6.07) is 37.4. The van der Waals surface area contributed by atoms with Gasteiger partial charge >= 0.3 is 0 Å². The van der Waals surface area contributed by atoms with Crippen LogP contribution in [-0.2, 0) is 5.41 Å². The van der Waals surface area contributed by atoms with Gasteiger partial charge < -0.3 is 11.5 Å². The summed E-state index contributed by atoms with van der Waals surface area (Å²) in [5.74, 6) is 1.67. The third-order valence-electron chi connectivity index (χ3n) is 13.5. The van der Waals surface area contributed by atoms with Gasteiger partial charge in [-0.25, -0.2) is 0 Å². The molecule has 304 valence electrons. The summed E-state index contributed by atoms with van der Waals surface area (Å²) in [4.78, 5) is 0. The third kappa shape index (κ3) is 12.7. The molecule has 0 aromatic heterocycles. The summed E-state index contributed by atoms with van der Waals surface area (Å²) in [5.41, 5.74) is 22.8. The van der Waals surface area contributed by atoms with Gasteiger partial charge in [0.05, 0.1) is 0 Å². The van der Waals surface area contributed by atoms with Crippen LogP contribution < -0.4 is 11.5 Å². The monoisotopic (exact) mass is 755 g/mol. The van der Waals surface area contributed by atoms with Crippen molar-refractivity contribution in [2.24, 2.45) is 5.92 Å². The van der Waals surface area contributed by atoms with E-state index in [4.69, 9.17) is 11.5 Å². The van der Waals surface area contributed by atoms with Gasteiger partial charge in [0.15, 0.2) is 0 Å². The van der Waals surface area contributed by atoms with Crippen molar-refractivity contribution in [3.8, 4) is 0 Å². The van der Waals surface area contributed by atoms with E-state index in [1.54, 1.807) is 0 Å². The largest absolute Gasteiger partial charge is 0.399 e. The normalized spacial score (nSPS) is 18.2. The number of anilines is 2. The van der Waals surface area contributed by atoms with Crippen LogP contribution in [0.1, 0.15) is 214 Å². The zero-order chi connectivity index (χ0) is 39.4. The van der Waals surface area contributed by atoms with Gasteiger partial charge in [-0.2, -0.15) is 0 Å². The van der Waals surface area contributed by atoms with Gasteiger partial charge in [0.1, 0.15) is 0 Å². The van der Waals surface area contributed by atoms with E-state index < -0.39 is 0 Å². The fraction of sp³-hybridized carbons (Fsp3) is 0.556. The minimum Gasteiger partial charge on any atom is -0.399 e. The zero-order valence-corrected chi connectivity index (χ0v) is 35.9. The predicted octanol–water partition coefficient (Wildman–Crippen LogP) is 16.1. The second-order valence-corrected chi connectivity index (χ2v) is 17.7. The molecule has 5 rings (SSSR count). The van der Waals surface area contributed by atoms with E-state index in [1.807, 2.05) is 0 Å². The molecule has 1 aliphatic rings. The lowest BCUT2D eigenvalue weighted by atomic mass is 9.62. The van der Waals surface area contributed by atoms with Crippen LogP contribution in [0.4, 0.5) is 11.4 Å². The summed E-state index contributed by atoms with van der Waals surface area (Å²) in [6.07, 6.45) is 30.3. The first-order chi connectivity index (χ1) is 27.5. The highest BCUT2D eigenvalue weighted by atomic mass is 14.5. The number of nitrogens with two attached hydrogens (primary N) is 2. The summed E-state index contributed by atoms with van der Waals surface area (Å²) < 4.78 is 0. The molecule has 1 aliphatic carbocycles. The van der Waals surface area contributed by atoms with E-state index in [-0.39, 0.29) is 5.41 Å². The zero-order valence-electron chi connectivity index (χ0n) is 35.9. The second-order valence-electron chi connectivity index (χ2n) is 17.7. The Morgan fingerprint density at radius 2 is 0.750 bits per heavy atom. The first-order valence-corrected chi connectivity index (χ1v) is 23.4. The fourth-order valence-corrected chi connectivity index (χ4v) is 9.90. The quantitative estimate of drug-likeness (QED) is 0.0523. The first-order valence-electron chi connectivity index (χ1n) is 23.4. The van der Waals surface area contributed by atoms with Crippen molar-refractivity contribution in [2.45, 2.75) is 186 Å². The number of rotatable bonds is 25. The highest BCUT2D eigenvalue weighted by Crippen LogP contribution is 2.48. The summed E-state index contributed by atoms with van der Waals surface area (Å²) in [6.45, 7) is 6.93. The Kier molecular flexibility index (Phi) is 18.4. The topological polar surface area (TPSA) is 52.0 Å². The van der Waals surface area contributed by atoms with E-state index in [1.165, 1.54) is 181 Å². The summed E-state index contributed by atoms with van der Waals surface area (Å²) in [5, 5.41) is 0. The molecule has 56 heavy (non-hydrogen) atoms. The SMILES string of the molecule is CCCCCCCCC(c1ccc(N)cc1)c1ccc(C2(c3ccc(C(CCCCCCCC)c4ccc(N)cc4)cc3)CCC(CCCCCC)CC2)cc1. The van der Waals surface area contributed by atoms with Crippen LogP contribution >= 0.6 is 0 Å². The van der Waals surface area contributed by atoms with E-state index >= 15 is 0 Å². The highest BCUT2D eigenvalue weighted by molar-refractivity contribution is 5.47. The van der Waals surface area contributed by atoms with Crippen molar-refractivity contribution in [1.82, 2.24) is 0 Å². The molecule has 0 amide bonds. The molecule has 0 aliphatic heterocycles. The van der Waals surface area contributed by atoms with Crippen molar-refractivity contribution in [1.29, 1.82) is 0 Å². The molecule has 0 saturated heterocycles. The molecule has 0 spiro atoms. The van der Waals surface area contributed by atoms with Gasteiger partial charge in [-0.3, -0.25) is 0 Å². The molecule has 2 unspecified atom stereocenters. The Balaban J connectivity index is 1.40. The van der Waals surface area contributed by atoms with Crippen LogP contribution in [0.5, 0.6) is 0 Å². The van der Waals surface area contributed by atoms with Crippen LogP contribution in [-0.4, -0.2) is 0 Å². The average Bonchev–Trinajstić information content (AvgIpc) is 3.23. The number of nitrogen functional groups attached to an aromatic ring is 2. The van der Waals surface area contributed by atoms with Crippen molar-refractivity contribution in [3.63, 3.8) is 0 Å². The Morgan fingerprint density at radius 1 is 0.429 bits per heavy atom. The molecule has 2 heteroatoms. The Hall–Kier alpha value is -3.52. The molecule has 4 aromatic carbocycles. The maximum atomic E-state index is 6.15. The van der Waals surface area contributed by atoms with Crippen LogP contribution in [0, 0.1) is 5.92 Å². The Morgan fingerprint density at radius 3 is 1.12 bits per heavy atom. The molecule has 1 fully saturated rings. The van der Waals surface area contributed by atoms with Crippen molar-refractivity contribution >= 4 is 11.4 Å². The maximum absolute atomic E-state index is 6.15. The lowest BCUT2D eigenvalue weighted by molar-refractivity contribution is 0.250. The Labute approximate surface area is 343 Å². The van der Waals surface area contributed by atoms with Crippen LogP contribution in [0.2, 0.25) is 0 Å². The molecular weight excluding hydrogens is 677 g/mol. The van der Waals surface area contributed by atoms with E-state index in [0.717, 1.165) is 17.3 Å². The van der Waals surface area contributed by atoms with Crippen molar-refractivity contribution < 1.29 is 0 Å². The Bertz CT molecular complexity index is 1500. The standard InChI is InChI=1S/C54H78N2/c1-4-7-10-13-15-18-21-52(46-27-35-50(55)36-28-46)44-23-31-48(32-24-44)54(41-39-43(40-42-54)20-17-12-9-6-3)49-33-25-45(26-34-49)53(22-19-16-14-11-8-5-2)47-29-37-51(56)38-30-47/h23-38,43,52-53H,4-22,39-42,55-56H2,1-3H3. The maximum Gasteiger partial charge on any atom is 0.0314 e. The van der Waals surface area contributed by atoms with Gasteiger partial charge in [-0.05, 0) is 102 Å². The minimum atomic E-state index is 0.0585. The van der Waals surface area contributed by atoms with Crippen LogP contribution in [0.3, 0.4) is 0 Å². The molecule has 4 aromatic rings. The average molecular weight is 755 g/mol. The van der Waals surface area contributed by atoms with Gasteiger partial charge in [0, 0.05) is 28.6 Å². The molecular formula is C54H78N2. The highest BCUT2D eigenvalue weighted by Gasteiger charge is 2.38. The van der Waals surface area contributed by atoms with Crippen LogP contribution in [0.25, 0.3) is 0 Å². The first kappa shape index (κ1) is 43.6. The van der Waals surface area contributed by atoms with E-state index in [2.05, 4.69) is 118 Å². The lowest BCUT2D eigenvalue weighted by Gasteiger charge is -2.42. The van der Waals surface area contributed by atoms with E-state index in [9.17, 15) is 0 Å². The summed E-state index contributed by atoms with van der Waals surface area (Å²) >= 11 is 0. The molecule has 0 radical (unpaired) electrons. The smallest absolute Gasteiger partial charge is 0.0314 e. The number of hydrogen-bond acceptors (Lipinski definition) is 2. The minimum absolute atomic E-state index is 0.0585. The van der Waals surface area contributed by atoms with Crippen molar-refractivity contribution in [3.05, 3.63) is 130 Å².